The molecule has 0 spiro atoms. The molecule has 5 nitrogen and oxygen atoms in total. The Bertz CT molecular complexity index is 754. The number of benzene rings is 2. The van der Waals surface area contributed by atoms with Crippen molar-refractivity contribution in [3.05, 3.63) is 72.1 Å². The molecule has 0 N–H and O–H groups in total. The minimum atomic E-state index is -0.0833. The fraction of sp³-hybridized carbons (Fsp3) is 0.118. The molecule has 0 aliphatic rings. The van der Waals surface area contributed by atoms with Crippen molar-refractivity contribution in [3.8, 4) is 11.5 Å². The van der Waals surface area contributed by atoms with Gasteiger partial charge in [-0.15, -0.1) is 10.2 Å². The van der Waals surface area contributed by atoms with E-state index in [0.717, 1.165) is 5.56 Å². The first-order valence-electron chi connectivity index (χ1n) is 6.92. The fourth-order valence-corrected chi connectivity index (χ4v) is 2.09. The Kier molecular flexibility index (Phi) is 3.96. The van der Waals surface area contributed by atoms with Gasteiger partial charge >= 0.3 is 0 Å². The lowest BCUT2D eigenvalue weighted by Gasteiger charge is -2.14. The molecule has 1 heterocycles. The number of carbonyl (C=O) groups excluding carboxylic acids is 1. The Hall–Kier alpha value is -2.95. The predicted octanol–water partition coefficient (Wildman–Crippen LogP) is 3.01. The van der Waals surface area contributed by atoms with Gasteiger partial charge in [0.1, 0.15) is 0 Å². The van der Waals surface area contributed by atoms with Gasteiger partial charge in [0.15, 0.2) is 0 Å². The fourth-order valence-electron chi connectivity index (χ4n) is 2.09. The first kappa shape index (κ1) is 14.0. The van der Waals surface area contributed by atoms with Gasteiger partial charge in [0, 0.05) is 18.2 Å². The second-order valence-electron chi connectivity index (χ2n) is 4.89. The number of amides is 1. The second-order valence-corrected chi connectivity index (χ2v) is 4.89. The molecule has 0 fully saturated rings. The first-order chi connectivity index (χ1) is 10.7. The number of rotatable bonds is 4. The Labute approximate surface area is 128 Å². The molecule has 0 saturated heterocycles. The predicted molar refractivity (Wildman–Crippen MR) is 82.0 cm³/mol. The monoisotopic (exact) mass is 293 g/mol. The Morgan fingerprint density at radius 3 is 2.32 bits per heavy atom. The van der Waals surface area contributed by atoms with E-state index in [1.807, 2.05) is 48.5 Å². The lowest BCUT2D eigenvalue weighted by Crippen LogP contribution is -2.26. The molecule has 0 unspecified atom stereocenters. The van der Waals surface area contributed by atoms with Crippen LogP contribution in [0, 0.1) is 0 Å². The van der Waals surface area contributed by atoms with Crippen LogP contribution >= 0.6 is 0 Å². The zero-order chi connectivity index (χ0) is 15.4. The van der Waals surface area contributed by atoms with E-state index in [4.69, 9.17) is 4.42 Å². The van der Waals surface area contributed by atoms with Gasteiger partial charge in [0.05, 0.1) is 6.54 Å². The average molecular weight is 293 g/mol. The van der Waals surface area contributed by atoms with Crippen LogP contribution in [0.5, 0.6) is 0 Å². The van der Waals surface area contributed by atoms with Crippen LogP contribution in [0.2, 0.25) is 0 Å². The van der Waals surface area contributed by atoms with Gasteiger partial charge in [0.25, 0.3) is 5.91 Å². The van der Waals surface area contributed by atoms with Crippen molar-refractivity contribution < 1.29 is 9.21 Å². The van der Waals surface area contributed by atoms with Crippen LogP contribution in [0.1, 0.15) is 16.2 Å². The second kappa shape index (κ2) is 6.22. The third kappa shape index (κ3) is 3.03. The molecule has 2 aromatic carbocycles. The van der Waals surface area contributed by atoms with Crippen molar-refractivity contribution in [1.29, 1.82) is 0 Å². The molecule has 0 saturated carbocycles. The van der Waals surface area contributed by atoms with Crippen LogP contribution in [-0.2, 0) is 6.54 Å². The minimum absolute atomic E-state index is 0.0833. The van der Waals surface area contributed by atoms with E-state index in [2.05, 4.69) is 10.2 Å². The lowest BCUT2D eigenvalue weighted by molar-refractivity contribution is 0.0773. The summed E-state index contributed by atoms with van der Waals surface area (Å²) in [4.78, 5) is 13.8. The average Bonchev–Trinajstić information content (AvgIpc) is 3.04. The molecule has 110 valence electrons. The number of aromatic nitrogens is 2. The molecule has 0 atom stereocenters. The largest absolute Gasteiger partial charge is 0.419 e. The van der Waals surface area contributed by atoms with Crippen LogP contribution in [0.15, 0.2) is 65.1 Å². The summed E-state index contributed by atoms with van der Waals surface area (Å²) in [5.41, 5.74) is 1.49. The summed E-state index contributed by atoms with van der Waals surface area (Å²) >= 11 is 0. The summed E-state index contributed by atoms with van der Waals surface area (Å²) in [7, 11) is 1.71. The van der Waals surface area contributed by atoms with E-state index in [9.17, 15) is 4.79 Å². The van der Waals surface area contributed by atoms with Gasteiger partial charge in [-0.1, -0.05) is 36.4 Å². The molecular weight excluding hydrogens is 278 g/mol. The highest BCUT2D eigenvalue weighted by Crippen LogP contribution is 2.17. The number of hydrogen-bond acceptors (Lipinski definition) is 4. The highest BCUT2D eigenvalue weighted by Gasteiger charge is 2.15. The van der Waals surface area contributed by atoms with Gasteiger partial charge in [-0.05, 0) is 24.3 Å². The van der Waals surface area contributed by atoms with E-state index < -0.39 is 0 Å². The molecule has 0 bridgehead atoms. The van der Waals surface area contributed by atoms with E-state index in [1.54, 1.807) is 24.1 Å². The highest BCUT2D eigenvalue weighted by atomic mass is 16.4. The molecule has 0 aliphatic carbocycles. The SMILES string of the molecule is CN(Cc1nnc(-c2ccccc2)o1)C(=O)c1ccccc1. The molecule has 0 aliphatic heterocycles. The third-order valence-electron chi connectivity index (χ3n) is 3.23. The number of nitrogens with zero attached hydrogens (tertiary/aromatic N) is 3. The molecule has 5 heteroatoms. The smallest absolute Gasteiger partial charge is 0.254 e. The van der Waals surface area contributed by atoms with Crippen LogP contribution in [0.4, 0.5) is 0 Å². The summed E-state index contributed by atoms with van der Waals surface area (Å²) in [5.74, 6) is 0.779. The van der Waals surface area contributed by atoms with Crippen molar-refractivity contribution in [2.45, 2.75) is 6.54 Å². The van der Waals surface area contributed by atoms with E-state index in [0.29, 0.717) is 17.3 Å². The summed E-state index contributed by atoms with van der Waals surface area (Å²) in [6.45, 7) is 0.271. The van der Waals surface area contributed by atoms with Crippen molar-refractivity contribution >= 4 is 5.91 Å². The highest BCUT2D eigenvalue weighted by molar-refractivity contribution is 5.93. The van der Waals surface area contributed by atoms with Gasteiger partial charge in [-0.25, -0.2) is 0 Å². The summed E-state index contributed by atoms with van der Waals surface area (Å²) < 4.78 is 5.61. The molecule has 22 heavy (non-hydrogen) atoms. The molecule has 3 rings (SSSR count). The molecular formula is C17H15N3O2. The van der Waals surface area contributed by atoms with Crippen LogP contribution in [0.3, 0.4) is 0 Å². The van der Waals surface area contributed by atoms with Gasteiger partial charge < -0.3 is 9.32 Å². The van der Waals surface area contributed by atoms with Crippen LogP contribution < -0.4 is 0 Å². The van der Waals surface area contributed by atoms with Gasteiger partial charge in [0.2, 0.25) is 11.8 Å². The maximum atomic E-state index is 12.3. The Morgan fingerprint density at radius 1 is 1.00 bits per heavy atom. The zero-order valence-electron chi connectivity index (χ0n) is 12.1. The lowest BCUT2D eigenvalue weighted by atomic mass is 10.2. The molecule has 1 amide bonds. The summed E-state index contributed by atoms with van der Waals surface area (Å²) in [5, 5.41) is 8.01. The molecule has 1 aromatic heterocycles. The maximum Gasteiger partial charge on any atom is 0.254 e. The maximum absolute atomic E-state index is 12.3. The van der Waals surface area contributed by atoms with E-state index in [1.165, 1.54) is 0 Å². The summed E-state index contributed by atoms with van der Waals surface area (Å²) in [6.07, 6.45) is 0. The quantitative estimate of drug-likeness (QED) is 0.742. The van der Waals surface area contributed by atoms with Crippen molar-refractivity contribution in [3.63, 3.8) is 0 Å². The Morgan fingerprint density at radius 2 is 1.64 bits per heavy atom. The standard InChI is InChI=1S/C17H15N3O2/c1-20(17(21)14-10-6-3-7-11-14)12-15-18-19-16(22-15)13-8-4-2-5-9-13/h2-11H,12H2,1H3. The van der Waals surface area contributed by atoms with Crippen LogP contribution in [0.25, 0.3) is 11.5 Å². The first-order valence-corrected chi connectivity index (χ1v) is 6.92. The molecule has 3 aromatic rings. The molecule has 0 radical (unpaired) electrons. The third-order valence-corrected chi connectivity index (χ3v) is 3.23. The van der Waals surface area contributed by atoms with Crippen molar-refractivity contribution in [2.75, 3.05) is 7.05 Å². The van der Waals surface area contributed by atoms with Crippen LogP contribution in [-0.4, -0.2) is 28.1 Å². The minimum Gasteiger partial charge on any atom is -0.419 e. The topological polar surface area (TPSA) is 59.2 Å². The zero-order valence-corrected chi connectivity index (χ0v) is 12.1. The van der Waals surface area contributed by atoms with Crippen molar-refractivity contribution in [1.82, 2.24) is 15.1 Å². The van der Waals surface area contributed by atoms with E-state index in [-0.39, 0.29) is 12.5 Å². The number of hydrogen-bond donors (Lipinski definition) is 0. The number of carbonyl (C=O) groups is 1. The Balaban J connectivity index is 1.71. The van der Waals surface area contributed by atoms with Gasteiger partial charge in [-0.2, -0.15) is 0 Å². The van der Waals surface area contributed by atoms with Gasteiger partial charge in [-0.3, -0.25) is 4.79 Å². The van der Waals surface area contributed by atoms with E-state index >= 15 is 0 Å². The normalized spacial score (nSPS) is 10.4. The van der Waals surface area contributed by atoms with Crippen molar-refractivity contribution in [2.24, 2.45) is 0 Å². The summed E-state index contributed by atoms with van der Waals surface area (Å²) in [6, 6.07) is 18.6.